The smallest absolute Gasteiger partial charge is 0.298 e. The summed E-state index contributed by atoms with van der Waals surface area (Å²) in [5.74, 6) is -0.273. The first kappa shape index (κ1) is 18.5. The molecule has 0 N–H and O–H groups in total. The minimum atomic E-state index is -0.273. The van der Waals surface area contributed by atoms with Crippen molar-refractivity contribution >= 4 is 34.7 Å². The second-order valence-corrected chi connectivity index (χ2v) is 7.32. The lowest BCUT2D eigenvalue weighted by atomic mass is 10.2. The van der Waals surface area contributed by atoms with Gasteiger partial charge in [0.05, 0.1) is 17.2 Å². The van der Waals surface area contributed by atoms with Crippen molar-refractivity contribution in [2.24, 2.45) is 0 Å². The first-order valence-corrected chi connectivity index (χ1v) is 9.24. The number of imide groups is 1. The average Bonchev–Trinajstić information content (AvgIpc) is 3.03. The van der Waals surface area contributed by atoms with Crippen molar-refractivity contribution < 1.29 is 14.3 Å². The van der Waals surface area contributed by atoms with Gasteiger partial charge in [-0.3, -0.25) is 9.59 Å². The Balaban J connectivity index is 1.90. The highest BCUT2D eigenvalue weighted by Crippen LogP contribution is 2.36. The fourth-order valence-corrected chi connectivity index (χ4v) is 3.86. The van der Waals surface area contributed by atoms with E-state index in [-0.39, 0.29) is 11.1 Å². The number of hydrogen-bond donors (Lipinski definition) is 0. The van der Waals surface area contributed by atoms with Crippen LogP contribution in [-0.4, -0.2) is 29.4 Å². The van der Waals surface area contributed by atoms with E-state index in [4.69, 9.17) is 4.74 Å². The third-order valence-corrected chi connectivity index (χ3v) is 5.37. The van der Waals surface area contributed by atoms with Gasteiger partial charge >= 0.3 is 0 Å². The van der Waals surface area contributed by atoms with Crippen LogP contribution in [-0.2, 0) is 16.1 Å². The van der Waals surface area contributed by atoms with Crippen molar-refractivity contribution in [2.45, 2.75) is 27.3 Å². The Bertz CT molecular complexity index is 881. The number of ether oxygens (including phenoxy) is 1. The highest BCUT2D eigenvalue weighted by molar-refractivity contribution is 8.19. The Morgan fingerprint density at radius 3 is 2.46 bits per heavy atom. The van der Waals surface area contributed by atoms with Crippen molar-refractivity contribution in [3.8, 4) is 0 Å². The molecule has 1 aliphatic heterocycles. The van der Waals surface area contributed by atoms with E-state index in [1.165, 1.54) is 4.90 Å². The summed E-state index contributed by atoms with van der Waals surface area (Å²) >= 11 is 0.982. The molecule has 1 fully saturated rings. The molecule has 0 spiro atoms. The lowest BCUT2D eigenvalue weighted by Crippen LogP contribution is -2.27. The number of hydrogen-bond acceptors (Lipinski definition) is 4. The van der Waals surface area contributed by atoms with E-state index in [1.54, 1.807) is 19.2 Å². The molecule has 26 heavy (non-hydrogen) atoms. The zero-order valence-electron chi connectivity index (χ0n) is 15.4. The Hall–Kier alpha value is -2.31. The normalized spacial score (nSPS) is 16.2. The number of carbonyl (C=O) groups excluding carboxylic acids is 2. The SMILES string of the molecule is COCCn1c(C)cc(/C=C2\SC(=O)N(c3ccc(C)cc3)C2=O)c1C. The highest BCUT2D eigenvalue weighted by atomic mass is 32.2. The average molecular weight is 370 g/mol. The molecule has 0 saturated carbocycles. The topological polar surface area (TPSA) is 51.5 Å². The number of aryl methyl sites for hydroxylation is 2. The van der Waals surface area contributed by atoms with Gasteiger partial charge in [0.25, 0.3) is 11.1 Å². The fourth-order valence-electron chi connectivity index (χ4n) is 3.03. The van der Waals surface area contributed by atoms with Crippen molar-refractivity contribution in [3.63, 3.8) is 0 Å². The second kappa shape index (κ2) is 7.51. The van der Waals surface area contributed by atoms with E-state index < -0.39 is 0 Å². The number of benzene rings is 1. The molecule has 5 nitrogen and oxygen atoms in total. The largest absolute Gasteiger partial charge is 0.383 e. The lowest BCUT2D eigenvalue weighted by molar-refractivity contribution is -0.113. The minimum absolute atomic E-state index is 0.265. The number of amides is 2. The Morgan fingerprint density at radius 2 is 1.81 bits per heavy atom. The van der Waals surface area contributed by atoms with Crippen molar-refractivity contribution in [2.75, 3.05) is 18.6 Å². The Morgan fingerprint density at radius 1 is 1.12 bits per heavy atom. The van der Waals surface area contributed by atoms with Crippen LogP contribution in [0.5, 0.6) is 0 Å². The minimum Gasteiger partial charge on any atom is -0.383 e. The number of anilines is 1. The number of carbonyl (C=O) groups is 2. The highest BCUT2D eigenvalue weighted by Gasteiger charge is 2.36. The van der Waals surface area contributed by atoms with E-state index in [1.807, 2.05) is 45.0 Å². The number of methoxy groups -OCH3 is 1. The van der Waals surface area contributed by atoms with Crippen molar-refractivity contribution in [1.82, 2.24) is 4.57 Å². The molecule has 2 aromatic rings. The Kier molecular flexibility index (Phi) is 5.34. The number of thioether (sulfide) groups is 1. The summed E-state index contributed by atoms with van der Waals surface area (Å²) in [5, 5.41) is -0.265. The van der Waals surface area contributed by atoms with Gasteiger partial charge in [-0.15, -0.1) is 0 Å². The van der Waals surface area contributed by atoms with Gasteiger partial charge < -0.3 is 9.30 Å². The summed E-state index contributed by atoms with van der Waals surface area (Å²) in [6.45, 7) is 7.39. The zero-order valence-corrected chi connectivity index (χ0v) is 16.2. The molecule has 0 bridgehead atoms. The molecule has 136 valence electrons. The summed E-state index contributed by atoms with van der Waals surface area (Å²) in [7, 11) is 1.68. The molecular weight excluding hydrogens is 348 g/mol. The van der Waals surface area contributed by atoms with Crippen LogP contribution in [0.4, 0.5) is 10.5 Å². The van der Waals surface area contributed by atoms with Crippen molar-refractivity contribution in [1.29, 1.82) is 0 Å². The van der Waals surface area contributed by atoms with Crippen LogP contribution in [0, 0.1) is 20.8 Å². The molecule has 3 rings (SSSR count). The summed E-state index contributed by atoms with van der Waals surface area (Å²) < 4.78 is 7.31. The van der Waals surface area contributed by atoms with Gasteiger partial charge in [0.15, 0.2) is 0 Å². The van der Waals surface area contributed by atoms with Gasteiger partial charge in [0.1, 0.15) is 0 Å². The zero-order chi connectivity index (χ0) is 18.8. The van der Waals surface area contributed by atoms with Gasteiger partial charge in [-0.05, 0) is 62.4 Å². The van der Waals surface area contributed by atoms with E-state index in [0.29, 0.717) is 17.2 Å². The number of aromatic nitrogens is 1. The predicted octanol–water partition coefficient (Wildman–Crippen LogP) is 4.30. The third-order valence-electron chi connectivity index (χ3n) is 4.50. The van der Waals surface area contributed by atoms with E-state index in [2.05, 4.69) is 4.57 Å². The van der Waals surface area contributed by atoms with Crippen LogP contribution in [0.25, 0.3) is 6.08 Å². The van der Waals surface area contributed by atoms with E-state index in [0.717, 1.165) is 40.8 Å². The quantitative estimate of drug-likeness (QED) is 0.737. The first-order valence-electron chi connectivity index (χ1n) is 8.42. The fraction of sp³-hybridized carbons (Fsp3) is 0.300. The van der Waals surface area contributed by atoms with Crippen LogP contribution in [0.3, 0.4) is 0 Å². The lowest BCUT2D eigenvalue weighted by Gasteiger charge is -2.12. The second-order valence-electron chi connectivity index (χ2n) is 6.32. The number of rotatable bonds is 5. The maximum atomic E-state index is 12.8. The summed E-state index contributed by atoms with van der Waals surface area (Å²) in [5.41, 5.74) is 4.80. The molecule has 2 heterocycles. The number of nitrogens with zero attached hydrogens (tertiary/aromatic N) is 2. The molecule has 0 aliphatic carbocycles. The first-order chi connectivity index (χ1) is 12.4. The maximum Gasteiger partial charge on any atom is 0.298 e. The monoisotopic (exact) mass is 370 g/mol. The van der Waals surface area contributed by atoms with Gasteiger partial charge in [-0.25, -0.2) is 4.90 Å². The van der Waals surface area contributed by atoms with Crippen molar-refractivity contribution in [3.05, 3.63) is 57.8 Å². The van der Waals surface area contributed by atoms with Crippen LogP contribution in [0.1, 0.15) is 22.5 Å². The molecular formula is C20H22N2O3S. The predicted molar refractivity (Wildman–Crippen MR) is 105 cm³/mol. The van der Waals surface area contributed by atoms with Crippen LogP contribution in [0.15, 0.2) is 35.2 Å². The van der Waals surface area contributed by atoms with E-state index in [9.17, 15) is 9.59 Å². The summed E-state index contributed by atoms with van der Waals surface area (Å²) in [6, 6.07) is 9.42. The maximum absolute atomic E-state index is 12.8. The standard InChI is InChI=1S/C20H22N2O3S/c1-13-5-7-17(8-6-13)22-19(23)18(26-20(22)24)12-16-11-14(2)21(15(16)3)9-10-25-4/h5-8,11-12H,9-10H2,1-4H3/b18-12-. The molecule has 0 unspecified atom stereocenters. The van der Waals surface area contributed by atoms with E-state index >= 15 is 0 Å². The van der Waals surface area contributed by atoms with Gasteiger partial charge in [-0.1, -0.05) is 17.7 Å². The summed E-state index contributed by atoms with van der Waals surface area (Å²) in [6.07, 6.45) is 1.81. The molecule has 1 saturated heterocycles. The molecule has 6 heteroatoms. The molecule has 1 aromatic heterocycles. The molecule has 2 amide bonds. The third kappa shape index (κ3) is 3.48. The molecule has 1 aliphatic rings. The summed E-state index contributed by atoms with van der Waals surface area (Å²) in [4.78, 5) is 26.8. The molecule has 0 atom stereocenters. The van der Waals surface area contributed by atoms with Crippen LogP contribution in [0.2, 0.25) is 0 Å². The van der Waals surface area contributed by atoms with Crippen LogP contribution >= 0.6 is 11.8 Å². The Labute approximate surface area is 157 Å². The molecule has 0 radical (unpaired) electrons. The van der Waals surface area contributed by atoms with Gasteiger partial charge in [-0.2, -0.15) is 0 Å². The molecule has 1 aromatic carbocycles. The van der Waals surface area contributed by atoms with Gasteiger partial charge in [0, 0.05) is 25.0 Å². The van der Waals surface area contributed by atoms with Crippen LogP contribution < -0.4 is 4.90 Å². The van der Waals surface area contributed by atoms with Gasteiger partial charge in [0.2, 0.25) is 0 Å².